The molecule has 0 N–H and O–H groups in total. The average molecular weight is 265 g/mol. The van der Waals surface area contributed by atoms with Gasteiger partial charge in [-0.1, -0.05) is 6.07 Å². The highest BCUT2D eigenvalue weighted by molar-refractivity contribution is 8.13. The molecular weight excluding hydrogens is 252 g/mol. The number of hydrogen-bond acceptors (Lipinski definition) is 4. The molecule has 0 aliphatic carbocycles. The molecule has 90 valence electrons. The summed E-state index contributed by atoms with van der Waals surface area (Å²) < 4.78 is 32.0. The van der Waals surface area contributed by atoms with Gasteiger partial charge < -0.3 is 9.47 Å². The fraction of sp³-hybridized carbons (Fsp3) is 0.400. The molecule has 0 amide bonds. The normalized spacial score (nSPS) is 11.4. The van der Waals surface area contributed by atoms with Crippen LogP contribution in [0, 0.1) is 0 Å². The van der Waals surface area contributed by atoms with Gasteiger partial charge in [0.05, 0.1) is 19.5 Å². The van der Waals surface area contributed by atoms with E-state index in [0.717, 1.165) is 5.56 Å². The molecule has 0 fully saturated rings. The minimum absolute atomic E-state index is 0.220. The standard InChI is InChI=1S/C10H13ClO4S/c1-14-6-8-3-9(7-16(11,12)13)5-10(4-8)15-2/h3-5H,6-7H2,1-2H3. The summed E-state index contributed by atoms with van der Waals surface area (Å²) in [7, 11) is 4.72. The van der Waals surface area contributed by atoms with E-state index in [9.17, 15) is 8.42 Å². The number of benzene rings is 1. The van der Waals surface area contributed by atoms with Crippen molar-refractivity contribution in [2.45, 2.75) is 12.4 Å². The third-order valence-corrected chi connectivity index (χ3v) is 2.92. The van der Waals surface area contributed by atoms with Gasteiger partial charge in [-0.05, 0) is 23.3 Å². The quantitative estimate of drug-likeness (QED) is 0.763. The lowest BCUT2D eigenvalue weighted by molar-refractivity contribution is 0.184. The van der Waals surface area contributed by atoms with E-state index < -0.39 is 9.05 Å². The first kappa shape index (κ1) is 13.3. The van der Waals surface area contributed by atoms with E-state index in [1.807, 2.05) is 0 Å². The lowest BCUT2D eigenvalue weighted by Gasteiger charge is -2.07. The van der Waals surface area contributed by atoms with Gasteiger partial charge in [0, 0.05) is 17.8 Å². The van der Waals surface area contributed by atoms with Crippen LogP contribution in [0.3, 0.4) is 0 Å². The highest BCUT2D eigenvalue weighted by Gasteiger charge is 2.09. The summed E-state index contributed by atoms with van der Waals surface area (Å²) in [6, 6.07) is 5.15. The van der Waals surface area contributed by atoms with E-state index in [-0.39, 0.29) is 5.75 Å². The van der Waals surface area contributed by atoms with Crippen molar-refractivity contribution in [1.82, 2.24) is 0 Å². The van der Waals surface area contributed by atoms with Crippen LogP contribution >= 0.6 is 10.7 Å². The van der Waals surface area contributed by atoms with E-state index in [4.69, 9.17) is 20.2 Å². The van der Waals surface area contributed by atoms with Gasteiger partial charge in [0.15, 0.2) is 0 Å². The fourth-order valence-corrected chi connectivity index (χ4v) is 2.32. The van der Waals surface area contributed by atoms with Crippen molar-refractivity contribution >= 4 is 19.7 Å². The first-order valence-corrected chi connectivity index (χ1v) is 7.00. The lowest BCUT2D eigenvalue weighted by atomic mass is 10.1. The summed E-state index contributed by atoms with van der Waals surface area (Å²) in [5, 5.41) is 0. The Bertz CT molecular complexity index is 456. The number of ether oxygens (including phenoxy) is 2. The molecule has 6 heteroatoms. The Kier molecular flexibility index (Phi) is 4.58. The van der Waals surface area contributed by atoms with E-state index in [2.05, 4.69) is 0 Å². The molecule has 0 aliphatic heterocycles. The highest BCUT2D eigenvalue weighted by Crippen LogP contribution is 2.20. The van der Waals surface area contributed by atoms with Gasteiger partial charge in [-0.15, -0.1) is 0 Å². The maximum atomic E-state index is 11.0. The summed E-state index contributed by atoms with van der Waals surface area (Å²) in [4.78, 5) is 0. The summed E-state index contributed by atoms with van der Waals surface area (Å²) in [6.45, 7) is 0.395. The second kappa shape index (κ2) is 5.52. The maximum Gasteiger partial charge on any atom is 0.236 e. The van der Waals surface area contributed by atoms with Crippen molar-refractivity contribution in [3.05, 3.63) is 29.3 Å². The third-order valence-electron chi connectivity index (χ3n) is 1.91. The zero-order chi connectivity index (χ0) is 12.2. The van der Waals surface area contributed by atoms with Crippen molar-refractivity contribution < 1.29 is 17.9 Å². The zero-order valence-corrected chi connectivity index (χ0v) is 10.6. The molecule has 4 nitrogen and oxygen atoms in total. The van der Waals surface area contributed by atoms with Crippen LogP contribution < -0.4 is 4.74 Å². The number of hydrogen-bond donors (Lipinski definition) is 0. The molecule has 0 atom stereocenters. The molecule has 16 heavy (non-hydrogen) atoms. The van der Waals surface area contributed by atoms with Crippen molar-refractivity contribution in [1.29, 1.82) is 0 Å². The molecular formula is C10H13ClO4S. The van der Waals surface area contributed by atoms with Crippen LogP contribution in [0.25, 0.3) is 0 Å². The minimum atomic E-state index is -3.56. The Hall–Kier alpha value is -0.780. The largest absolute Gasteiger partial charge is 0.497 e. The lowest BCUT2D eigenvalue weighted by Crippen LogP contribution is -1.98. The van der Waals surface area contributed by atoms with Crippen LogP contribution in [-0.2, 0) is 26.1 Å². The fourth-order valence-electron chi connectivity index (χ4n) is 1.38. The zero-order valence-electron chi connectivity index (χ0n) is 9.07. The topological polar surface area (TPSA) is 52.6 Å². The Morgan fingerprint density at radius 1 is 1.19 bits per heavy atom. The third kappa shape index (κ3) is 4.38. The highest BCUT2D eigenvalue weighted by atomic mass is 35.7. The van der Waals surface area contributed by atoms with E-state index in [0.29, 0.717) is 17.9 Å². The summed E-state index contributed by atoms with van der Waals surface area (Å²) in [6.07, 6.45) is 0. The molecule has 1 rings (SSSR count). The first-order valence-electron chi connectivity index (χ1n) is 4.52. The van der Waals surface area contributed by atoms with Crippen LogP contribution in [0.15, 0.2) is 18.2 Å². The molecule has 0 saturated carbocycles. The second-order valence-corrected chi connectivity index (χ2v) is 6.08. The molecule has 0 heterocycles. The van der Waals surface area contributed by atoms with Gasteiger partial charge >= 0.3 is 0 Å². The van der Waals surface area contributed by atoms with Crippen LogP contribution in [0.2, 0.25) is 0 Å². The van der Waals surface area contributed by atoms with Gasteiger partial charge in [-0.2, -0.15) is 0 Å². The maximum absolute atomic E-state index is 11.0. The van der Waals surface area contributed by atoms with Crippen molar-refractivity contribution in [3.8, 4) is 5.75 Å². The monoisotopic (exact) mass is 264 g/mol. The van der Waals surface area contributed by atoms with Crippen LogP contribution in [0.5, 0.6) is 5.75 Å². The van der Waals surface area contributed by atoms with E-state index >= 15 is 0 Å². The molecule has 0 aliphatic rings. The first-order chi connectivity index (χ1) is 7.44. The Labute approximate surface area is 99.6 Å². The van der Waals surface area contributed by atoms with Gasteiger partial charge in [-0.25, -0.2) is 8.42 Å². The number of rotatable bonds is 5. The smallest absolute Gasteiger partial charge is 0.236 e. The Morgan fingerprint density at radius 2 is 1.81 bits per heavy atom. The van der Waals surface area contributed by atoms with Crippen LogP contribution in [0.4, 0.5) is 0 Å². The van der Waals surface area contributed by atoms with Crippen molar-refractivity contribution in [2.75, 3.05) is 14.2 Å². The molecule has 0 spiro atoms. The summed E-state index contributed by atoms with van der Waals surface area (Å²) in [5.41, 5.74) is 1.43. The SMILES string of the molecule is COCc1cc(CS(=O)(=O)Cl)cc(OC)c1. The number of methoxy groups -OCH3 is 2. The van der Waals surface area contributed by atoms with Gasteiger partial charge in [-0.3, -0.25) is 0 Å². The van der Waals surface area contributed by atoms with Crippen LogP contribution in [0.1, 0.15) is 11.1 Å². The Balaban J connectivity index is 3.04. The van der Waals surface area contributed by atoms with E-state index in [1.54, 1.807) is 25.3 Å². The van der Waals surface area contributed by atoms with Crippen molar-refractivity contribution in [2.24, 2.45) is 0 Å². The Morgan fingerprint density at radius 3 is 2.31 bits per heavy atom. The van der Waals surface area contributed by atoms with Gasteiger partial charge in [0.2, 0.25) is 9.05 Å². The second-order valence-electron chi connectivity index (χ2n) is 3.31. The number of halogens is 1. The summed E-state index contributed by atoms with van der Waals surface area (Å²) in [5.74, 6) is 0.368. The molecule has 0 unspecified atom stereocenters. The summed E-state index contributed by atoms with van der Waals surface area (Å²) >= 11 is 0. The van der Waals surface area contributed by atoms with E-state index in [1.165, 1.54) is 7.11 Å². The molecule has 1 aromatic rings. The average Bonchev–Trinajstić information content (AvgIpc) is 2.15. The minimum Gasteiger partial charge on any atom is -0.497 e. The molecule has 0 bridgehead atoms. The molecule has 0 radical (unpaired) electrons. The molecule has 0 saturated heterocycles. The van der Waals surface area contributed by atoms with Gasteiger partial charge in [0.1, 0.15) is 5.75 Å². The van der Waals surface area contributed by atoms with Crippen molar-refractivity contribution in [3.63, 3.8) is 0 Å². The van der Waals surface area contributed by atoms with Crippen LogP contribution in [-0.4, -0.2) is 22.6 Å². The molecule has 1 aromatic carbocycles. The molecule has 0 aromatic heterocycles. The van der Waals surface area contributed by atoms with Gasteiger partial charge in [0.25, 0.3) is 0 Å². The predicted molar refractivity (Wildman–Crippen MR) is 62.2 cm³/mol. The predicted octanol–water partition coefficient (Wildman–Crippen LogP) is 1.91.